The number of aromatic nitrogens is 4. The van der Waals surface area contributed by atoms with Crippen molar-refractivity contribution in [2.75, 3.05) is 5.32 Å². The molecule has 1 aromatic carbocycles. The van der Waals surface area contributed by atoms with E-state index in [2.05, 4.69) is 31.3 Å². The van der Waals surface area contributed by atoms with Gasteiger partial charge in [-0.3, -0.25) is 9.36 Å². The van der Waals surface area contributed by atoms with Crippen molar-refractivity contribution < 1.29 is 9.72 Å². The Morgan fingerprint density at radius 3 is 2.88 bits per heavy atom. The van der Waals surface area contributed by atoms with Crippen molar-refractivity contribution in [3.63, 3.8) is 0 Å². The maximum absolute atomic E-state index is 12.4. The molecule has 0 spiro atoms. The van der Waals surface area contributed by atoms with Crippen molar-refractivity contribution in [1.29, 1.82) is 0 Å². The van der Waals surface area contributed by atoms with Gasteiger partial charge in [-0.15, -0.1) is 0 Å². The van der Waals surface area contributed by atoms with E-state index >= 15 is 0 Å². The van der Waals surface area contributed by atoms with Crippen molar-refractivity contribution in [2.45, 2.75) is 13.5 Å². The molecule has 2 heterocycles. The van der Waals surface area contributed by atoms with Gasteiger partial charge in [0.1, 0.15) is 12.7 Å². The molecule has 0 saturated carbocycles. The average molecular weight is 405 g/mol. The summed E-state index contributed by atoms with van der Waals surface area (Å²) >= 11 is 3.38. The maximum atomic E-state index is 12.4. The van der Waals surface area contributed by atoms with Crippen molar-refractivity contribution in [1.82, 2.24) is 19.3 Å². The third kappa shape index (κ3) is 3.74. The van der Waals surface area contributed by atoms with Crippen LogP contribution in [-0.2, 0) is 11.3 Å². The van der Waals surface area contributed by atoms with Crippen molar-refractivity contribution in [3.05, 3.63) is 63.3 Å². The molecule has 1 N–H and O–H groups in total. The first-order valence-corrected chi connectivity index (χ1v) is 8.01. The number of rotatable bonds is 5. The number of nitrogens with one attached hydrogen (secondary N) is 1. The first kappa shape index (κ1) is 16.8. The predicted molar refractivity (Wildman–Crippen MR) is 93.5 cm³/mol. The van der Waals surface area contributed by atoms with Crippen molar-refractivity contribution in [3.8, 4) is 5.69 Å². The Hall–Kier alpha value is -3.01. The fourth-order valence-electron chi connectivity index (χ4n) is 2.30. The van der Waals surface area contributed by atoms with E-state index in [4.69, 9.17) is 0 Å². The summed E-state index contributed by atoms with van der Waals surface area (Å²) in [6.45, 7) is 1.52. The normalized spacial score (nSPS) is 10.6. The summed E-state index contributed by atoms with van der Waals surface area (Å²) in [5, 5.41) is 17.7. The quantitative estimate of drug-likeness (QED) is 0.519. The van der Waals surface area contributed by atoms with Crippen LogP contribution in [0.25, 0.3) is 5.69 Å². The summed E-state index contributed by atoms with van der Waals surface area (Å²) in [6.07, 6.45) is 4.65. The number of nitro groups is 1. The smallest absolute Gasteiger partial charge is 0.358 e. The number of hydrogen-bond acceptors (Lipinski definition) is 5. The summed E-state index contributed by atoms with van der Waals surface area (Å²) in [7, 11) is 0. The monoisotopic (exact) mass is 404 g/mol. The zero-order chi connectivity index (χ0) is 18.0. The Balaban J connectivity index is 1.82. The van der Waals surface area contributed by atoms with Crippen LogP contribution in [0, 0.1) is 17.0 Å². The number of halogens is 1. The average Bonchev–Trinajstić information content (AvgIpc) is 3.18. The summed E-state index contributed by atoms with van der Waals surface area (Å²) in [5.41, 5.74) is 1.27. The van der Waals surface area contributed by atoms with Crippen molar-refractivity contribution >= 4 is 33.3 Å². The lowest BCUT2D eigenvalue weighted by Gasteiger charge is -2.12. The van der Waals surface area contributed by atoms with E-state index in [1.807, 2.05) is 12.1 Å². The van der Waals surface area contributed by atoms with Gasteiger partial charge in [-0.1, -0.05) is 15.9 Å². The minimum absolute atomic E-state index is 0.0856. The van der Waals surface area contributed by atoms with E-state index in [1.165, 1.54) is 10.8 Å². The Morgan fingerprint density at radius 1 is 1.44 bits per heavy atom. The molecule has 3 rings (SSSR count). The van der Waals surface area contributed by atoms with Gasteiger partial charge in [0.15, 0.2) is 0 Å². The van der Waals surface area contributed by atoms with Crippen LogP contribution in [0.5, 0.6) is 0 Å². The highest BCUT2D eigenvalue weighted by Crippen LogP contribution is 2.24. The molecule has 0 fully saturated rings. The molecule has 10 heteroatoms. The molecule has 0 saturated heterocycles. The summed E-state index contributed by atoms with van der Waals surface area (Å²) in [6, 6.07) is 7.20. The lowest BCUT2D eigenvalue weighted by Crippen LogP contribution is -2.20. The number of hydrogen-bond donors (Lipinski definition) is 1. The van der Waals surface area contributed by atoms with Crippen LogP contribution in [0.1, 0.15) is 5.82 Å². The number of imidazole rings is 1. The minimum atomic E-state index is -0.592. The van der Waals surface area contributed by atoms with E-state index < -0.39 is 4.92 Å². The van der Waals surface area contributed by atoms with Gasteiger partial charge in [0.25, 0.3) is 0 Å². The highest BCUT2D eigenvalue weighted by atomic mass is 79.9. The van der Waals surface area contributed by atoms with E-state index in [0.29, 0.717) is 17.2 Å². The second-order valence-corrected chi connectivity index (χ2v) is 6.11. The largest absolute Gasteiger partial charge is 0.381 e. The third-order valence-corrected chi connectivity index (χ3v) is 3.94. The number of nitrogens with zero attached hydrogens (tertiary/aromatic N) is 5. The predicted octanol–water partition coefficient (Wildman–Crippen LogP) is 2.69. The number of amides is 1. The number of carbonyl (C=O) groups is 1. The van der Waals surface area contributed by atoms with E-state index in [1.54, 1.807) is 36.1 Å². The molecule has 9 nitrogen and oxygen atoms in total. The SMILES string of the molecule is Cc1nc([N+](=O)[O-])cn1CC(=O)Nc1cc(Br)ccc1-n1cccn1. The molecule has 128 valence electrons. The highest BCUT2D eigenvalue weighted by molar-refractivity contribution is 9.10. The molecule has 2 aromatic heterocycles. The molecule has 3 aromatic rings. The van der Waals surface area contributed by atoms with E-state index in [0.717, 1.165) is 4.47 Å². The van der Waals surface area contributed by atoms with Crippen LogP contribution in [0.2, 0.25) is 0 Å². The number of aryl methyl sites for hydroxylation is 1. The van der Waals surface area contributed by atoms with E-state index in [-0.39, 0.29) is 18.3 Å². The van der Waals surface area contributed by atoms with Gasteiger partial charge in [-0.25, -0.2) is 4.68 Å². The van der Waals surface area contributed by atoms with Crippen LogP contribution >= 0.6 is 15.9 Å². The molecular formula is C15H13BrN6O3. The molecule has 0 bridgehead atoms. The van der Waals surface area contributed by atoms with Crippen LogP contribution < -0.4 is 5.32 Å². The fourth-order valence-corrected chi connectivity index (χ4v) is 2.66. The standard InChI is InChI=1S/C15H13BrN6O3/c1-10-18-14(22(24)25)8-20(10)9-15(23)19-12-7-11(16)3-4-13(12)21-6-2-5-17-21/h2-8H,9H2,1H3,(H,19,23). The van der Waals surface area contributed by atoms with Crippen molar-refractivity contribution in [2.24, 2.45) is 0 Å². The maximum Gasteiger partial charge on any atom is 0.381 e. The molecule has 0 aliphatic rings. The first-order valence-electron chi connectivity index (χ1n) is 7.21. The Labute approximate surface area is 150 Å². The van der Waals surface area contributed by atoms with E-state index in [9.17, 15) is 14.9 Å². The second kappa shape index (κ2) is 6.85. The summed E-state index contributed by atoms with van der Waals surface area (Å²) < 4.78 is 3.86. The molecule has 0 aliphatic heterocycles. The van der Waals surface area contributed by atoms with Gasteiger partial charge < -0.3 is 15.4 Å². The number of anilines is 1. The van der Waals surface area contributed by atoms with Gasteiger partial charge in [0.05, 0.1) is 11.4 Å². The molecule has 0 atom stereocenters. The summed E-state index contributed by atoms with van der Waals surface area (Å²) in [4.78, 5) is 26.4. The number of benzene rings is 1. The van der Waals surface area contributed by atoms with Crippen LogP contribution in [-0.4, -0.2) is 30.2 Å². The van der Waals surface area contributed by atoms with Gasteiger partial charge in [0, 0.05) is 23.8 Å². The molecule has 1 amide bonds. The van der Waals surface area contributed by atoms with Gasteiger partial charge in [0.2, 0.25) is 11.7 Å². The van der Waals surface area contributed by atoms with Crippen LogP contribution in [0.15, 0.2) is 47.3 Å². The highest BCUT2D eigenvalue weighted by Gasteiger charge is 2.17. The van der Waals surface area contributed by atoms with Gasteiger partial charge in [-0.2, -0.15) is 5.10 Å². The Bertz CT molecular complexity index is 935. The van der Waals surface area contributed by atoms with Gasteiger partial charge >= 0.3 is 5.82 Å². The third-order valence-electron chi connectivity index (χ3n) is 3.45. The zero-order valence-electron chi connectivity index (χ0n) is 13.1. The summed E-state index contributed by atoms with van der Waals surface area (Å²) in [5.74, 6) is -0.227. The zero-order valence-corrected chi connectivity index (χ0v) is 14.7. The Kier molecular flexibility index (Phi) is 4.61. The Morgan fingerprint density at radius 2 is 2.24 bits per heavy atom. The molecule has 25 heavy (non-hydrogen) atoms. The first-order chi connectivity index (χ1) is 11.9. The van der Waals surface area contributed by atoms with Crippen LogP contribution in [0.4, 0.5) is 11.5 Å². The van der Waals surface area contributed by atoms with Crippen LogP contribution in [0.3, 0.4) is 0 Å². The fraction of sp³-hybridized carbons (Fsp3) is 0.133. The minimum Gasteiger partial charge on any atom is -0.358 e. The molecule has 0 radical (unpaired) electrons. The molecular weight excluding hydrogens is 392 g/mol. The lowest BCUT2D eigenvalue weighted by molar-refractivity contribution is -0.389. The second-order valence-electron chi connectivity index (χ2n) is 5.19. The topological polar surface area (TPSA) is 108 Å². The lowest BCUT2D eigenvalue weighted by atomic mass is 10.2. The number of carbonyl (C=O) groups excluding carboxylic acids is 1. The molecule has 0 aliphatic carbocycles. The molecule has 0 unspecified atom stereocenters. The van der Waals surface area contributed by atoms with Gasteiger partial charge in [-0.05, 0) is 34.2 Å².